The molecule has 0 radical (unpaired) electrons. The molecule has 14 heavy (non-hydrogen) atoms. The monoisotopic (exact) mass is 195 g/mol. The van der Waals surface area contributed by atoms with Crippen LogP contribution in [-0.2, 0) is 7.05 Å². The molecule has 0 aromatic carbocycles. The normalized spacial score (nSPS) is 23.6. The zero-order valence-electron chi connectivity index (χ0n) is 8.77. The molecule has 0 saturated carbocycles. The number of hydrogen-bond donors (Lipinski definition) is 1. The van der Waals surface area contributed by atoms with Gasteiger partial charge in [0.2, 0.25) is 0 Å². The van der Waals surface area contributed by atoms with Crippen molar-refractivity contribution in [3.8, 4) is 0 Å². The molecule has 5 heteroatoms. The molecular weight excluding hydrogens is 178 g/mol. The maximum Gasteiger partial charge on any atom is 0.147 e. The second kappa shape index (κ2) is 3.96. The molecule has 0 bridgehead atoms. The fourth-order valence-electron chi connectivity index (χ4n) is 1.87. The van der Waals surface area contributed by atoms with Gasteiger partial charge in [-0.25, -0.2) is 4.68 Å². The van der Waals surface area contributed by atoms with Crippen LogP contribution in [0.5, 0.6) is 0 Å². The van der Waals surface area contributed by atoms with Crippen LogP contribution >= 0.6 is 0 Å². The molecule has 1 N–H and O–H groups in total. The van der Waals surface area contributed by atoms with Crippen LogP contribution in [0.2, 0.25) is 0 Å². The van der Waals surface area contributed by atoms with Crippen LogP contribution in [-0.4, -0.2) is 41.2 Å². The van der Waals surface area contributed by atoms with Crippen molar-refractivity contribution in [2.75, 3.05) is 31.1 Å². The smallest absolute Gasteiger partial charge is 0.147 e. The van der Waals surface area contributed by atoms with E-state index >= 15 is 0 Å². The highest BCUT2D eigenvalue weighted by Crippen LogP contribution is 2.13. The Balaban J connectivity index is 2.13. The molecule has 1 aromatic rings. The van der Waals surface area contributed by atoms with E-state index in [1.807, 2.05) is 17.9 Å². The van der Waals surface area contributed by atoms with E-state index in [2.05, 4.69) is 27.5 Å². The lowest BCUT2D eigenvalue weighted by Gasteiger charge is -2.23. The van der Waals surface area contributed by atoms with Crippen molar-refractivity contribution in [3.05, 3.63) is 6.20 Å². The Morgan fingerprint density at radius 3 is 3.14 bits per heavy atom. The molecule has 2 heterocycles. The van der Waals surface area contributed by atoms with E-state index < -0.39 is 0 Å². The van der Waals surface area contributed by atoms with Crippen LogP contribution in [0.25, 0.3) is 0 Å². The lowest BCUT2D eigenvalue weighted by Crippen LogP contribution is -2.30. The minimum Gasteiger partial charge on any atom is -0.354 e. The summed E-state index contributed by atoms with van der Waals surface area (Å²) in [6, 6.07) is 0. The molecule has 1 aromatic heterocycles. The summed E-state index contributed by atoms with van der Waals surface area (Å²) < 4.78 is 1.83. The van der Waals surface area contributed by atoms with Crippen LogP contribution in [0.15, 0.2) is 6.20 Å². The zero-order valence-corrected chi connectivity index (χ0v) is 8.77. The standard InChI is InChI=1S/C9H17N5/c1-8-5-10-3-4-14(7-8)9-6-11-12-13(9)2/h6,8,10H,3-5,7H2,1-2H3. The number of nitrogens with zero attached hydrogens (tertiary/aromatic N) is 4. The molecule has 1 saturated heterocycles. The first-order chi connectivity index (χ1) is 6.77. The minimum absolute atomic E-state index is 0.674. The maximum atomic E-state index is 3.95. The van der Waals surface area contributed by atoms with Crippen molar-refractivity contribution >= 4 is 5.82 Å². The topological polar surface area (TPSA) is 46.0 Å². The number of rotatable bonds is 1. The number of aryl methyl sites for hydroxylation is 1. The highest BCUT2D eigenvalue weighted by atomic mass is 15.5. The van der Waals surface area contributed by atoms with Gasteiger partial charge in [-0.1, -0.05) is 12.1 Å². The highest BCUT2D eigenvalue weighted by Gasteiger charge is 2.16. The van der Waals surface area contributed by atoms with Gasteiger partial charge in [-0.15, -0.1) is 5.10 Å². The van der Waals surface area contributed by atoms with Crippen molar-refractivity contribution in [1.29, 1.82) is 0 Å². The van der Waals surface area contributed by atoms with E-state index in [4.69, 9.17) is 0 Å². The predicted octanol–water partition coefficient (Wildman–Crippen LogP) is -0.139. The fraction of sp³-hybridized carbons (Fsp3) is 0.778. The lowest BCUT2D eigenvalue weighted by atomic mass is 10.2. The second-order valence-corrected chi connectivity index (χ2v) is 3.97. The molecule has 1 aliphatic rings. The third-order valence-electron chi connectivity index (χ3n) is 2.60. The first kappa shape index (κ1) is 9.45. The van der Waals surface area contributed by atoms with Crippen LogP contribution in [0.1, 0.15) is 6.92 Å². The molecule has 0 spiro atoms. The molecule has 0 aliphatic carbocycles. The van der Waals surface area contributed by atoms with Crippen molar-refractivity contribution in [3.63, 3.8) is 0 Å². The van der Waals surface area contributed by atoms with Crippen molar-refractivity contribution in [2.24, 2.45) is 13.0 Å². The Kier molecular flexibility index (Phi) is 2.67. The van der Waals surface area contributed by atoms with E-state index in [0.29, 0.717) is 5.92 Å². The van der Waals surface area contributed by atoms with E-state index in [1.54, 1.807) is 0 Å². The third kappa shape index (κ3) is 1.87. The summed E-state index contributed by atoms with van der Waals surface area (Å²) in [6.07, 6.45) is 1.83. The Labute approximate surface area is 84.1 Å². The number of aromatic nitrogens is 3. The van der Waals surface area contributed by atoms with E-state index in [0.717, 1.165) is 32.0 Å². The summed E-state index contributed by atoms with van der Waals surface area (Å²) in [4.78, 5) is 2.34. The molecule has 0 amide bonds. The lowest BCUT2D eigenvalue weighted by molar-refractivity contribution is 0.559. The molecule has 1 atom stereocenters. The SMILES string of the molecule is CC1CNCCN(c2cnnn2C)C1. The van der Waals surface area contributed by atoms with Gasteiger partial charge in [-0.2, -0.15) is 0 Å². The van der Waals surface area contributed by atoms with Gasteiger partial charge in [0.1, 0.15) is 5.82 Å². The average molecular weight is 195 g/mol. The van der Waals surface area contributed by atoms with Gasteiger partial charge in [0.05, 0.1) is 6.20 Å². The van der Waals surface area contributed by atoms with Gasteiger partial charge < -0.3 is 10.2 Å². The van der Waals surface area contributed by atoms with Crippen molar-refractivity contribution in [2.45, 2.75) is 6.92 Å². The number of hydrogen-bond acceptors (Lipinski definition) is 4. The van der Waals surface area contributed by atoms with E-state index in [-0.39, 0.29) is 0 Å². The highest BCUT2D eigenvalue weighted by molar-refractivity contribution is 5.36. The largest absolute Gasteiger partial charge is 0.354 e. The summed E-state index contributed by atoms with van der Waals surface area (Å²) >= 11 is 0. The van der Waals surface area contributed by atoms with Crippen LogP contribution in [0.3, 0.4) is 0 Å². The first-order valence-corrected chi connectivity index (χ1v) is 5.07. The number of nitrogens with one attached hydrogen (secondary N) is 1. The summed E-state index contributed by atoms with van der Waals surface area (Å²) in [6.45, 7) is 6.51. The Hall–Kier alpha value is -1.10. The zero-order chi connectivity index (χ0) is 9.97. The van der Waals surface area contributed by atoms with Gasteiger partial charge in [-0.05, 0) is 12.5 Å². The van der Waals surface area contributed by atoms with E-state index in [9.17, 15) is 0 Å². The van der Waals surface area contributed by atoms with Crippen LogP contribution < -0.4 is 10.2 Å². The molecule has 5 nitrogen and oxygen atoms in total. The van der Waals surface area contributed by atoms with Gasteiger partial charge in [0.15, 0.2) is 0 Å². The third-order valence-corrected chi connectivity index (χ3v) is 2.60. The summed E-state index contributed by atoms with van der Waals surface area (Å²) in [7, 11) is 1.94. The second-order valence-electron chi connectivity index (χ2n) is 3.97. The predicted molar refractivity (Wildman–Crippen MR) is 55.2 cm³/mol. The van der Waals surface area contributed by atoms with Gasteiger partial charge in [-0.3, -0.25) is 0 Å². The van der Waals surface area contributed by atoms with Gasteiger partial charge in [0, 0.05) is 26.7 Å². The molecule has 1 unspecified atom stereocenters. The Bertz CT molecular complexity index is 295. The first-order valence-electron chi connectivity index (χ1n) is 5.07. The Morgan fingerprint density at radius 2 is 2.43 bits per heavy atom. The number of anilines is 1. The summed E-state index contributed by atoms with van der Waals surface area (Å²) in [5.41, 5.74) is 0. The minimum atomic E-state index is 0.674. The quantitative estimate of drug-likeness (QED) is 0.677. The Morgan fingerprint density at radius 1 is 1.57 bits per heavy atom. The van der Waals surface area contributed by atoms with Crippen molar-refractivity contribution < 1.29 is 0 Å². The van der Waals surface area contributed by atoms with Crippen LogP contribution in [0.4, 0.5) is 5.82 Å². The van der Waals surface area contributed by atoms with Crippen LogP contribution in [0, 0.1) is 5.92 Å². The fourth-order valence-corrected chi connectivity index (χ4v) is 1.87. The van der Waals surface area contributed by atoms with E-state index in [1.165, 1.54) is 0 Å². The molecule has 2 rings (SSSR count). The molecule has 1 fully saturated rings. The molecule has 1 aliphatic heterocycles. The maximum absolute atomic E-state index is 3.95. The summed E-state index contributed by atoms with van der Waals surface area (Å²) in [5, 5.41) is 11.3. The van der Waals surface area contributed by atoms with Gasteiger partial charge in [0.25, 0.3) is 0 Å². The molecule has 78 valence electrons. The molecular formula is C9H17N5. The van der Waals surface area contributed by atoms with Crippen molar-refractivity contribution in [1.82, 2.24) is 20.3 Å². The van der Waals surface area contributed by atoms with Gasteiger partial charge >= 0.3 is 0 Å². The average Bonchev–Trinajstić information content (AvgIpc) is 2.45. The summed E-state index contributed by atoms with van der Waals surface area (Å²) in [5.74, 6) is 1.79.